The fourth-order valence-corrected chi connectivity index (χ4v) is 1.92. The molecule has 0 saturated heterocycles. The van der Waals surface area contributed by atoms with E-state index in [-0.39, 0.29) is 11.2 Å². The van der Waals surface area contributed by atoms with Crippen LogP contribution < -0.4 is 16.2 Å². The van der Waals surface area contributed by atoms with Gasteiger partial charge in [-0.3, -0.25) is 4.79 Å². The van der Waals surface area contributed by atoms with Crippen molar-refractivity contribution in [3.05, 3.63) is 46.5 Å². The summed E-state index contributed by atoms with van der Waals surface area (Å²) in [5.74, 6) is 0.496. The number of H-pyrrole nitrogens is 1. The van der Waals surface area contributed by atoms with Gasteiger partial charge in [0.2, 0.25) is 0 Å². The Morgan fingerprint density at radius 3 is 2.78 bits per heavy atom. The van der Waals surface area contributed by atoms with Gasteiger partial charge in [0.15, 0.2) is 5.82 Å². The Kier molecular flexibility index (Phi) is 3.32. The number of nitrogen functional groups attached to an aromatic ring is 1. The average Bonchev–Trinajstić information content (AvgIpc) is 2.37. The number of hydrogen-bond donors (Lipinski definition) is 2. The molecular weight excluding hydrogens is 228 g/mol. The van der Waals surface area contributed by atoms with Gasteiger partial charge in [-0.25, -0.2) is 4.98 Å². The maximum absolute atomic E-state index is 11.5. The van der Waals surface area contributed by atoms with Gasteiger partial charge in [-0.05, 0) is 25.5 Å². The summed E-state index contributed by atoms with van der Waals surface area (Å²) in [6.45, 7) is 4.70. The summed E-state index contributed by atoms with van der Waals surface area (Å²) in [6.07, 6.45) is 1.37. The van der Waals surface area contributed by atoms with Crippen molar-refractivity contribution in [1.82, 2.24) is 9.97 Å². The predicted molar refractivity (Wildman–Crippen MR) is 73.1 cm³/mol. The second-order valence-electron chi connectivity index (χ2n) is 4.00. The zero-order valence-electron chi connectivity index (χ0n) is 10.5. The quantitative estimate of drug-likeness (QED) is 0.863. The first-order valence-corrected chi connectivity index (χ1v) is 5.81. The van der Waals surface area contributed by atoms with Gasteiger partial charge in [0.05, 0.1) is 6.33 Å². The molecule has 94 valence electrons. The van der Waals surface area contributed by atoms with E-state index in [0.29, 0.717) is 12.4 Å². The summed E-state index contributed by atoms with van der Waals surface area (Å²) in [5, 5.41) is 0. The number of aryl methyl sites for hydroxylation is 1. The molecule has 0 bridgehead atoms. The third-order valence-corrected chi connectivity index (χ3v) is 2.85. The summed E-state index contributed by atoms with van der Waals surface area (Å²) in [6, 6.07) is 7.93. The minimum absolute atomic E-state index is 0.141. The summed E-state index contributed by atoms with van der Waals surface area (Å²) in [7, 11) is 0. The van der Waals surface area contributed by atoms with Crippen LogP contribution >= 0.6 is 0 Å². The van der Waals surface area contributed by atoms with Crippen LogP contribution in [0.15, 0.2) is 35.4 Å². The van der Waals surface area contributed by atoms with Crippen LogP contribution in [0.4, 0.5) is 17.2 Å². The fraction of sp³-hybridized carbons (Fsp3) is 0.231. The zero-order chi connectivity index (χ0) is 13.1. The molecule has 1 heterocycles. The molecule has 0 spiro atoms. The number of para-hydroxylation sites is 1. The van der Waals surface area contributed by atoms with E-state index in [1.807, 2.05) is 43.0 Å². The van der Waals surface area contributed by atoms with E-state index >= 15 is 0 Å². The van der Waals surface area contributed by atoms with Gasteiger partial charge in [0.1, 0.15) is 5.69 Å². The smallest absolute Gasteiger partial charge is 0.276 e. The highest BCUT2D eigenvalue weighted by Gasteiger charge is 2.15. The van der Waals surface area contributed by atoms with Gasteiger partial charge in [-0.15, -0.1) is 0 Å². The molecule has 0 atom stereocenters. The van der Waals surface area contributed by atoms with E-state index in [4.69, 9.17) is 5.73 Å². The summed E-state index contributed by atoms with van der Waals surface area (Å²) < 4.78 is 0. The summed E-state index contributed by atoms with van der Waals surface area (Å²) in [5.41, 5.74) is 7.74. The molecule has 0 radical (unpaired) electrons. The van der Waals surface area contributed by atoms with Crippen molar-refractivity contribution in [1.29, 1.82) is 0 Å². The molecule has 3 N–H and O–H groups in total. The number of hydrogen-bond acceptors (Lipinski definition) is 4. The molecule has 5 nitrogen and oxygen atoms in total. The molecule has 5 heteroatoms. The Morgan fingerprint density at radius 1 is 1.39 bits per heavy atom. The number of rotatable bonds is 3. The maximum Gasteiger partial charge on any atom is 0.276 e. The van der Waals surface area contributed by atoms with Crippen molar-refractivity contribution in [2.24, 2.45) is 0 Å². The van der Waals surface area contributed by atoms with Crippen LogP contribution in [-0.2, 0) is 0 Å². The van der Waals surface area contributed by atoms with E-state index in [1.165, 1.54) is 6.33 Å². The molecule has 1 aromatic carbocycles. The van der Waals surface area contributed by atoms with Crippen molar-refractivity contribution in [2.45, 2.75) is 13.8 Å². The molecule has 0 aliphatic heterocycles. The van der Waals surface area contributed by atoms with Crippen LogP contribution in [0.25, 0.3) is 0 Å². The third kappa shape index (κ3) is 2.07. The number of nitrogens with zero attached hydrogens (tertiary/aromatic N) is 2. The van der Waals surface area contributed by atoms with E-state index in [1.54, 1.807) is 0 Å². The lowest BCUT2D eigenvalue weighted by Crippen LogP contribution is -2.24. The van der Waals surface area contributed by atoms with Crippen molar-refractivity contribution in [3.63, 3.8) is 0 Å². The van der Waals surface area contributed by atoms with Gasteiger partial charge in [0.25, 0.3) is 5.56 Å². The molecule has 0 fully saturated rings. The van der Waals surface area contributed by atoms with Gasteiger partial charge >= 0.3 is 0 Å². The molecule has 1 aromatic heterocycles. The highest BCUT2D eigenvalue weighted by molar-refractivity contribution is 5.71. The van der Waals surface area contributed by atoms with Crippen molar-refractivity contribution in [2.75, 3.05) is 17.2 Å². The summed E-state index contributed by atoms with van der Waals surface area (Å²) >= 11 is 0. The second-order valence-corrected chi connectivity index (χ2v) is 4.00. The minimum atomic E-state index is -0.313. The zero-order valence-corrected chi connectivity index (χ0v) is 10.5. The Hall–Kier alpha value is -2.30. The second kappa shape index (κ2) is 4.91. The first kappa shape index (κ1) is 12.2. The monoisotopic (exact) mass is 244 g/mol. The molecule has 0 aliphatic rings. The lowest BCUT2D eigenvalue weighted by atomic mass is 10.2. The normalized spacial score (nSPS) is 10.3. The predicted octanol–water partition coefficient (Wildman–Crippen LogP) is 1.82. The first-order valence-electron chi connectivity index (χ1n) is 5.81. The van der Waals surface area contributed by atoms with E-state index in [2.05, 4.69) is 9.97 Å². The molecule has 0 aliphatic carbocycles. The van der Waals surface area contributed by atoms with Crippen LogP contribution in [0.3, 0.4) is 0 Å². The molecule has 18 heavy (non-hydrogen) atoms. The number of nitrogens with one attached hydrogen (secondary N) is 1. The van der Waals surface area contributed by atoms with Crippen LogP contribution in [0, 0.1) is 6.92 Å². The number of benzene rings is 1. The largest absolute Gasteiger partial charge is 0.391 e. The standard InChI is InChI=1S/C13H16N4O/c1-3-17(10-7-5-4-6-9(10)2)12-11(14)13(18)16-8-15-12/h4-8H,3,14H2,1-2H3,(H,15,16,18). The number of aromatic nitrogens is 2. The first-order chi connectivity index (χ1) is 8.65. The molecule has 0 saturated carbocycles. The topological polar surface area (TPSA) is 75.0 Å². The average molecular weight is 244 g/mol. The van der Waals surface area contributed by atoms with Gasteiger partial charge in [0, 0.05) is 12.2 Å². The molecule has 0 amide bonds. The van der Waals surface area contributed by atoms with Gasteiger partial charge < -0.3 is 15.6 Å². The molecule has 0 unspecified atom stereocenters. The van der Waals surface area contributed by atoms with Crippen molar-refractivity contribution in [3.8, 4) is 0 Å². The van der Waals surface area contributed by atoms with E-state index in [0.717, 1.165) is 11.3 Å². The fourth-order valence-electron chi connectivity index (χ4n) is 1.92. The maximum atomic E-state index is 11.5. The van der Waals surface area contributed by atoms with Crippen LogP contribution in [0.1, 0.15) is 12.5 Å². The highest BCUT2D eigenvalue weighted by Crippen LogP contribution is 2.28. The minimum Gasteiger partial charge on any atom is -0.391 e. The third-order valence-electron chi connectivity index (χ3n) is 2.85. The number of anilines is 3. The lowest BCUT2D eigenvalue weighted by Gasteiger charge is -2.24. The molecule has 2 aromatic rings. The number of nitrogens with two attached hydrogens (primary N) is 1. The Bertz CT molecular complexity index is 606. The van der Waals surface area contributed by atoms with Crippen molar-refractivity contribution >= 4 is 17.2 Å². The Morgan fingerprint density at radius 2 is 2.11 bits per heavy atom. The van der Waals surface area contributed by atoms with Crippen LogP contribution in [-0.4, -0.2) is 16.5 Å². The summed E-state index contributed by atoms with van der Waals surface area (Å²) in [4.78, 5) is 20.1. The van der Waals surface area contributed by atoms with Gasteiger partial charge in [-0.1, -0.05) is 18.2 Å². The molecule has 2 rings (SSSR count). The van der Waals surface area contributed by atoms with Crippen LogP contribution in [0.5, 0.6) is 0 Å². The lowest BCUT2D eigenvalue weighted by molar-refractivity contribution is 0.966. The number of aromatic amines is 1. The Balaban J connectivity index is 2.56. The van der Waals surface area contributed by atoms with E-state index < -0.39 is 0 Å². The van der Waals surface area contributed by atoms with Crippen LogP contribution in [0.2, 0.25) is 0 Å². The van der Waals surface area contributed by atoms with E-state index in [9.17, 15) is 4.79 Å². The molecular formula is C13H16N4O. The van der Waals surface area contributed by atoms with Gasteiger partial charge in [-0.2, -0.15) is 0 Å². The Labute approximate surface area is 105 Å². The SMILES string of the molecule is CCN(c1ccccc1C)c1nc[nH]c(=O)c1N. The van der Waals surface area contributed by atoms with Crippen molar-refractivity contribution < 1.29 is 0 Å². The highest BCUT2D eigenvalue weighted by atomic mass is 16.1.